The summed E-state index contributed by atoms with van der Waals surface area (Å²) in [5.74, 6) is 0.0425. The van der Waals surface area contributed by atoms with Crippen LogP contribution in [0, 0.1) is 0 Å². The Kier molecular flexibility index (Phi) is 5.90. The van der Waals surface area contributed by atoms with Crippen molar-refractivity contribution in [1.82, 2.24) is 14.7 Å². The van der Waals surface area contributed by atoms with Gasteiger partial charge in [0.15, 0.2) is 5.82 Å². The fourth-order valence-electron chi connectivity index (χ4n) is 3.58. The molecule has 1 saturated heterocycles. The van der Waals surface area contributed by atoms with E-state index in [-0.39, 0.29) is 5.91 Å². The fourth-order valence-corrected chi connectivity index (χ4v) is 3.58. The first kappa shape index (κ1) is 21.8. The van der Waals surface area contributed by atoms with Crippen molar-refractivity contribution < 1.29 is 19.1 Å². The van der Waals surface area contributed by atoms with E-state index in [1.54, 1.807) is 58.5 Å². The van der Waals surface area contributed by atoms with Crippen molar-refractivity contribution in [3.05, 3.63) is 48.2 Å². The lowest BCUT2D eigenvalue weighted by Gasteiger charge is -2.34. The van der Waals surface area contributed by atoms with Gasteiger partial charge in [-0.05, 0) is 47.1 Å². The summed E-state index contributed by atoms with van der Waals surface area (Å²) in [7, 11) is 0. The van der Waals surface area contributed by atoms with E-state index in [1.807, 2.05) is 30.3 Å². The van der Waals surface area contributed by atoms with Crippen molar-refractivity contribution in [2.45, 2.75) is 71.6 Å². The average Bonchev–Trinajstić information content (AvgIpc) is 3.14. The SMILES string of the molecule is C[C@@H]1OC(C)(C)N(C(=O)OC(C)(C)C)[C@H]1C(=O)Nc1ccn(Cc2ccccc2)n1. The van der Waals surface area contributed by atoms with Gasteiger partial charge in [-0.15, -0.1) is 0 Å². The third-order valence-corrected chi connectivity index (χ3v) is 4.72. The van der Waals surface area contributed by atoms with E-state index in [1.165, 1.54) is 4.90 Å². The summed E-state index contributed by atoms with van der Waals surface area (Å²) in [5.41, 5.74) is -0.554. The average molecular weight is 415 g/mol. The Bertz CT molecular complexity index is 901. The van der Waals surface area contributed by atoms with Gasteiger partial charge in [0, 0.05) is 12.3 Å². The minimum absolute atomic E-state index is 0.371. The van der Waals surface area contributed by atoms with Gasteiger partial charge >= 0.3 is 6.09 Å². The summed E-state index contributed by atoms with van der Waals surface area (Å²) >= 11 is 0. The van der Waals surface area contributed by atoms with Crippen LogP contribution in [0.1, 0.15) is 47.1 Å². The van der Waals surface area contributed by atoms with Gasteiger partial charge in [-0.3, -0.25) is 14.4 Å². The number of carbonyl (C=O) groups is 2. The molecule has 2 amide bonds. The number of amides is 2. The van der Waals surface area contributed by atoms with Gasteiger partial charge in [-0.2, -0.15) is 5.10 Å². The van der Waals surface area contributed by atoms with Gasteiger partial charge in [0.25, 0.3) is 5.91 Å². The van der Waals surface area contributed by atoms with Crippen LogP contribution >= 0.6 is 0 Å². The monoisotopic (exact) mass is 414 g/mol. The number of aromatic nitrogens is 2. The molecule has 0 spiro atoms. The summed E-state index contributed by atoms with van der Waals surface area (Å²) < 4.78 is 13.2. The van der Waals surface area contributed by atoms with Gasteiger partial charge in [-0.1, -0.05) is 30.3 Å². The summed E-state index contributed by atoms with van der Waals surface area (Å²) in [6, 6.07) is 10.8. The third kappa shape index (κ3) is 4.99. The first-order valence-corrected chi connectivity index (χ1v) is 10.0. The van der Waals surface area contributed by atoms with Crippen LogP contribution in [0.4, 0.5) is 10.6 Å². The lowest BCUT2D eigenvalue weighted by molar-refractivity contribution is -0.121. The molecule has 8 nitrogen and oxygen atoms in total. The number of nitrogens with zero attached hydrogens (tertiary/aromatic N) is 3. The highest BCUT2D eigenvalue weighted by Crippen LogP contribution is 2.34. The van der Waals surface area contributed by atoms with Crippen LogP contribution < -0.4 is 5.32 Å². The number of nitrogens with one attached hydrogen (secondary N) is 1. The molecular formula is C22H30N4O4. The van der Waals surface area contributed by atoms with Crippen molar-refractivity contribution in [1.29, 1.82) is 0 Å². The van der Waals surface area contributed by atoms with Crippen LogP contribution in [0.2, 0.25) is 0 Å². The zero-order valence-corrected chi connectivity index (χ0v) is 18.4. The quantitative estimate of drug-likeness (QED) is 0.826. The summed E-state index contributed by atoms with van der Waals surface area (Å²) in [4.78, 5) is 27.3. The summed E-state index contributed by atoms with van der Waals surface area (Å²) in [6.07, 6.45) is 0.706. The second-order valence-electron chi connectivity index (χ2n) is 8.94. The van der Waals surface area contributed by atoms with Crippen molar-refractivity contribution in [3.63, 3.8) is 0 Å². The maximum absolute atomic E-state index is 13.1. The van der Waals surface area contributed by atoms with Crippen molar-refractivity contribution >= 4 is 17.8 Å². The Hall–Kier alpha value is -2.87. The standard InChI is InChI=1S/C22H30N4O4/c1-15-18(26(22(5,6)29-15)20(28)30-21(2,3)4)19(27)23-17-12-13-25(24-17)14-16-10-8-7-9-11-16/h7-13,15,18H,14H2,1-6H3,(H,23,24,27)/t15-,18+/m0/s1. The molecule has 1 N–H and O–H groups in total. The molecule has 2 aromatic rings. The zero-order valence-electron chi connectivity index (χ0n) is 18.4. The van der Waals surface area contributed by atoms with Crippen LogP contribution in [0.5, 0.6) is 0 Å². The lowest BCUT2D eigenvalue weighted by atomic mass is 10.1. The minimum Gasteiger partial charge on any atom is -0.444 e. The number of benzene rings is 1. The van der Waals surface area contributed by atoms with Gasteiger partial charge in [0.05, 0.1) is 12.6 Å². The van der Waals surface area contributed by atoms with E-state index < -0.39 is 29.6 Å². The molecule has 0 unspecified atom stereocenters. The van der Waals surface area contributed by atoms with Gasteiger partial charge in [-0.25, -0.2) is 4.79 Å². The number of hydrogen-bond acceptors (Lipinski definition) is 5. The molecule has 0 saturated carbocycles. The smallest absolute Gasteiger partial charge is 0.413 e. The molecule has 8 heteroatoms. The van der Waals surface area contributed by atoms with Gasteiger partial charge < -0.3 is 14.8 Å². The fraction of sp³-hybridized carbons (Fsp3) is 0.500. The van der Waals surface area contributed by atoms with Crippen LogP contribution in [-0.4, -0.2) is 50.2 Å². The topological polar surface area (TPSA) is 85.7 Å². The molecule has 162 valence electrons. The Balaban J connectivity index is 1.73. The molecule has 0 bridgehead atoms. The molecule has 30 heavy (non-hydrogen) atoms. The van der Waals surface area contributed by atoms with E-state index in [2.05, 4.69) is 10.4 Å². The van der Waals surface area contributed by atoms with Crippen molar-refractivity contribution in [3.8, 4) is 0 Å². The Morgan fingerprint density at radius 1 is 1.20 bits per heavy atom. The normalized spacial score (nSPS) is 20.8. The Labute approximate surface area is 177 Å². The number of hydrogen-bond donors (Lipinski definition) is 1. The highest BCUT2D eigenvalue weighted by molar-refractivity contribution is 5.96. The molecule has 1 aromatic heterocycles. The molecule has 1 fully saturated rings. The Morgan fingerprint density at radius 2 is 1.87 bits per heavy atom. The highest BCUT2D eigenvalue weighted by atomic mass is 16.6. The predicted octanol–water partition coefficient (Wildman–Crippen LogP) is 3.63. The maximum Gasteiger partial charge on any atom is 0.413 e. The highest BCUT2D eigenvalue weighted by Gasteiger charge is 2.52. The summed E-state index contributed by atoms with van der Waals surface area (Å²) in [6.45, 7) is 11.2. The number of anilines is 1. The van der Waals surface area contributed by atoms with Gasteiger partial charge in [0.2, 0.25) is 0 Å². The molecule has 1 aliphatic rings. The number of rotatable bonds is 4. The van der Waals surface area contributed by atoms with E-state index >= 15 is 0 Å². The van der Waals surface area contributed by atoms with Crippen LogP contribution in [-0.2, 0) is 20.8 Å². The number of carbonyl (C=O) groups excluding carboxylic acids is 2. The maximum atomic E-state index is 13.1. The van der Waals surface area contributed by atoms with E-state index in [4.69, 9.17) is 9.47 Å². The van der Waals surface area contributed by atoms with E-state index in [9.17, 15) is 9.59 Å². The zero-order chi connectivity index (χ0) is 22.1. The molecule has 0 radical (unpaired) electrons. The molecule has 1 aliphatic heterocycles. The van der Waals surface area contributed by atoms with E-state index in [0.29, 0.717) is 12.4 Å². The van der Waals surface area contributed by atoms with Crippen LogP contribution in [0.25, 0.3) is 0 Å². The molecule has 2 heterocycles. The first-order chi connectivity index (χ1) is 14.0. The largest absolute Gasteiger partial charge is 0.444 e. The minimum atomic E-state index is -0.976. The molecule has 3 rings (SSSR count). The van der Waals surface area contributed by atoms with Gasteiger partial charge in [0.1, 0.15) is 17.4 Å². The van der Waals surface area contributed by atoms with Crippen molar-refractivity contribution in [2.24, 2.45) is 0 Å². The molecular weight excluding hydrogens is 384 g/mol. The predicted molar refractivity (Wildman–Crippen MR) is 113 cm³/mol. The van der Waals surface area contributed by atoms with E-state index in [0.717, 1.165) is 5.56 Å². The lowest BCUT2D eigenvalue weighted by Crippen LogP contribution is -2.54. The van der Waals surface area contributed by atoms with Crippen LogP contribution in [0.15, 0.2) is 42.6 Å². The second kappa shape index (κ2) is 8.10. The third-order valence-electron chi connectivity index (χ3n) is 4.72. The first-order valence-electron chi connectivity index (χ1n) is 10.0. The molecule has 0 aliphatic carbocycles. The Morgan fingerprint density at radius 3 is 2.50 bits per heavy atom. The molecule has 1 aromatic carbocycles. The molecule has 2 atom stereocenters. The van der Waals surface area contributed by atoms with Crippen LogP contribution in [0.3, 0.4) is 0 Å². The second-order valence-corrected chi connectivity index (χ2v) is 8.94. The van der Waals surface area contributed by atoms with Crippen molar-refractivity contribution in [2.75, 3.05) is 5.32 Å². The number of ether oxygens (including phenoxy) is 2. The summed E-state index contributed by atoms with van der Waals surface area (Å²) in [5, 5.41) is 7.22.